The molecular formula is C18H38Br2N2O7S2. The fourth-order valence-corrected chi connectivity index (χ4v) is 5.22. The van der Waals surface area contributed by atoms with Crippen LogP contribution in [0.3, 0.4) is 0 Å². The molecule has 0 aliphatic carbocycles. The lowest BCUT2D eigenvalue weighted by molar-refractivity contribution is 0.0202. The van der Waals surface area contributed by atoms with Crippen molar-refractivity contribution >= 4 is 52.0 Å². The summed E-state index contributed by atoms with van der Waals surface area (Å²) < 4.78 is 69.7. The SMILES string of the molecule is CC(C)(CCS(=O)(=O)CCOCCOCCOCCS(=O)(=O)CCC(C)(C)NBr)NBr. The van der Waals surface area contributed by atoms with Gasteiger partial charge in [0.15, 0.2) is 19.7 Å². The van der Waals surface area contributed by atoms with Crippen LogP contribution in [-0.2, 0) is 33.9 Å². The highest BCUT2D eigenvalue weighted by Gasteiger charge is 2.21. The zero-order valence-corrected chi connectivity index (χ0v) is 23.7. The molecule has 2 N–H and O–H groups in total. The van der Waals surface area contributed by atoms with E-state index in [1.165, 1.54) is 0 Å². The van der Waals surface area contributed by atoms with E-state index < -0.39 is 19.7 Å². The number of hydrogen-bond acceptors (Lipinski definition) is 9. The Kier molecular flexibility index (Phi) is 15.9. The summed E-state index contributed by atoms with van der Waals surface area (Å²) in [5.74, 6) is 0.144. The van der Waals surface area contributed by atoms with Crippen LogP contribution in [0.1, 0.15) is 40.5 Å². The van der Waals surface area contributed by atoms with E-state index in [1.54, 1.807) is 0 Å². The van der Waals surface area contributed by atoms with Crippen LogP contribution in [0.15, 0.2) is 0 Å². The van der Waals surface area contributed by atoms with Crippen LogP contribution in [0.4, 0.5) is 0 Å². The molecule has 31 heavy (non-hydrogen) atoms. The van der Waals surface area contributed by atoms with Crippen LogP contribution < -0.4 is 8.69 Å². The van der Waals surface area contributed by atoms with Gasteiger partial charge in [0.2, 0.25) is 0 Å². The zero-order valence-electron chi connectivity index (χ0n) is 18.9. The summed E-state index contributed by atoms with van der Waals surface area (Å²) in [4.78, 5) is 0. The predicted molar refractivity (Wildman–Crippen MR) is 131 cm³/mol. The lowest BCUT2D eigenvalue weighted by Gasteiger charge is -2.22. The van der Waals surface area contributed by atoms with Crippen LogP contribution in [-0.4, -0.2) is 90.6 Å². The Bertz CT molecular complexity index is 629. The van der Waals surface area contributed by atoms with Crippen LogP contribution in [0.2, 0.25) is 0 Å². The Balaban J connectivity index is 3.68. The van der Waals surface area contributed by atoms with Crippen molar-refractivity contribution in [3.05, 3.63) is 0 Å². The number of nitrogens with one attached hydrogen (secondary N) is 2. The molecule has 0 bridgehead atoms. The molecule has 0 saturated heterocycles. The van der Waals surface area contributed by atoms with Gasteiger partial charge in [-0.05, 0) is 40.5 Å². The predicted octanol–water partition coefficient (Wildman–Crippen LogP) is 2.00. The number of ether oxygens (including phenoxy) is 3. The first-order valence-electron chi connectivity index (χ1n) is 10.1. The molecule has 0 rings (SSSR count). The molecule has 13 heteroatoms. The van der Waals surface area contributed by atoms with Crippen molar-refractivity contribution in [2.24, 2.45) is 0 Å². The van der Waals surface area contributed by atoms with Gasteiger partial charge in [-0.3, -0.25) is 8.69 Å². The van der Waals surface area contributed by atoms with Crippen molar-refractivity contribution in [2.75, 3.05) is 62.7 Å². The first kappa shape index (κ1) is 31.7. The van der Waals surface area contributed by atoms with E-state index in [4.69, 9.17) is 14.2 Å². The second-order valence-electron chi connectivity index (χ2n) is 8.60. The van der Waals surface area contributed by atoms with Crippen molar-refractivity contribution in [2.45, 2.75) is 51.6 Å². The molecule has 0 aromatic heterocycles. The fraction of sp³-hybridized carbons (Fsp3) is 1.00. The van der Waals surface area contributed by atoms with E-state index in [0.29, 0.717) is 26.1 Å². The summed E-state index contributed by atoms with van der Waals surface area (Å²) in [6.07, 6.45) is 0.994. The molecule has 0 aliphatic heterocycles. The Morgan fingerprint density at radius 2 is 0.871 bits per heavy atom. The highest BCUT2D eigenvalue weighted by molar-refractivity contribution is 9.08. The highest BCUT2D eigenvalue weighted by atomic mass is 79.9. The van der Waals surface area contributed by atoms with E-state index in [2.05, 4.69) is 41.0 Å². The standard InChI is InChI=1S/C18H38Br2N2O7S2/c1-17(2,21-19)5-13-30(23,24)15-11-28-9-7-27-8-10-29-12-16-31(25,26)14-6-18(3,4)22-20/h21-22H,5-16H2,1-4H3. The van der Waals surface area contributed by atoms with Gasteiger partial charge in [-0.15, -0.1) is 0 Å². The van der Waals surface area contributed by atoms with Crippen LogP contribution in [0, 0.1) is 0 Å². The van der Waals surface area contributed by atoms with Gasteiger partial charge in [0.1, 0.15) is 0 Å². The molecule has 0 aromatic carbocycles. The van der Waals surface area contributed by atoms with E-state index in [-0.39, 0.29) is 60.5 Å². The molecule has 0 fully saturated rings. The molecular weight excluding hydrogens is 580 g/mol. The third kappa shape index (κ3) is 18.7. The highest BCUT2D eigenvalue weighted by Crippen LogP contribution is 2.12. The van der Waals surface area contributed by atoms with Gasteiger partial charge in [-0.1, -0.05) is 0 Å². The summed E-state index contributed by atoms with van der Waals surface area (Å²) in [6.45, 7) is 9.12. The molecule has 0 atom stereocenters. The Morgan fingerprint density at radius 3 is 1.16 bits per heavy atom. The van der Waals surface area contributed by atoms with Crippen molar-refractivity contribution in [3.63, 3.8) is 0 Å². The minimum atomic E-state index is -3.16. The number of hydrogen-bond donors (Lipinski definition) is 2. The monoisotopic (exact) mass is 616 g/mol. The molecule has 0 saturated carbocycles. The Morgan fingerprint density at radius 1 is 0.581 bits per heavy atom. The lowest BCUT2D eigenvalue weighted by Crippen LogP contribution is -2.35. The summed E-state index contributed by atoms with van der Waals surface area (Å²) in [6, 6.07) is 0. The largest absolute Gasteiger partial charge is 0.378 e. The second kappa shape index (κ2) is 15.5. The Hall–Kier alpha value is 0.660. The lowest BCUT2D eigenvalue weighted by atomic mass is 10.0. The van der Waals surface area contributed by atoms with Crippen LogP contribution in [0.25, 0.3) is 0 Å². The van der Waals surface area contributed by atoms with Gasteiger partial charge in [-0.2, -0.15) is 0 Å². The number of rotatable bonds is 20. The average molecular weight is 618 g/mol. The maximum Gasteiger partial charge on any atom is 0.152 e. The van der Waals surface area contributed by atoms with E-state index in [0.717, 1.165) is 0 Å². The minimum Gasteiger partial charge on any atom is -0.378 e. The van der Waals surface area contributed by atoms with E-state index in [9.17, 15) is 16.8 Å². The van der Waals surface area contributed by atoms with Gasteiger partial charge >= 0.3 is 0 Å². The molecule has 0 spiro atoms. The first-order valence-corrected chi connectivity index (χ1v) is 15.4. The maximum atomic E-state index is 12.0. The van der Waals surface area contributed by atoms with Crippen molar-refractivity contribution < 1.29 is 31.0 Å². The normalized spacial score (nSPS) is 13.6. The smallest absolute Gasteiger partial charge is 0.152 e. The molecule has 0 aliphatic rings. The topological polar surface area (TPSA) is 120 Å². The van der Waals surface area contributed by atoms with Gasteiger partial charge in [0.25, 0.3) is 0 Å². The van der Waals surface area contributed by atoms with Gasteiger partial charge in [0.05, 0.1) is 62.7 Å². The second-order valence-corrected chi connectivity index (χ2v) is 14.0. The molecule has 0 aromatic rings. The summed E-state index contributed by atoms with van der Waals surface area (Å²) in [7, 11) is -6.32. The maximum absolute atomic E-state index is 12.0. The third-order valence-electron chi connectivity index (χ3n) is 4.41. The summed E-state index contributed by atoms with van der Waals surface area (Å²) in [5, 5.41) is 0. The number of sulfone groups is 2. The molecule has 9 nitrogen and oxygen atoms in total. The quantitative estimate of drug-likeness (QED) is 0.156. The summed E-state index contributed by atoms with van der Waals surface area (Å²) >= 11 is 6.29. The van der Waals surface area contributed by atoms with Crippen LogP contribution in [0.5, 0.6) is 0 Å². The van der Waals surface area contributed by atoms with Crippen molar-refractivity contribution in [3.8, 4) is 0 Å². The van der Waals surface area contributed by atoms with E-state index in [1.807, 2.05) is 27.7 Å². The van der Waals surface area contributed by atoms with Gasteiger partial charge < -0.3 is 14.2 Å². The Labute approximate surface area is 205 Å². The molecule has 0 unspecified atom stereocenters. The van der Waals surface area contributed by atoms with Crippen LogP contribution >= 0.6 is 32.3 Å². The third-order valence-corrected chi connectivity index (χ3v) is 9.79. The summed E-state index contributed by atoms with van der Waals surface area (Å²) in [5.41, 5.74) is -0.592. The first-order chi connectivity index (χ1) is 14.2. The molecule has 188 valence electrons. The average Bonchev–Trinajstić information content (AvgIpc) is 2.69. The zero-order chi connectivity index (χ0) is 24.0. The van der Waals surface area contributed by atoms with Crippen molar-refractivity contribution in [1.29, 1.82) is 0 Å². The molecule has 0 amide bonds. The number of halogens is 2. The van der Waals surface area contributed by atoms with E-state index >= 15 is 0 Å². The minimum absolute atomic E-state index is 0.0220. The van der Waals surface area contributed by atoms with Gasteiger partial charge in [-0.25, -0.2) is 16.8 Å². The molecule has 0 heterocycles. The van der Waals surface area contributed by atoms with Gasteiger partial charge in [0, 0.05) is 43.4 Å². The molecule has 0 radical (unpaired) electrons. The van der Waals surface area contributed by atoms with Crippen molar-refractivity contribution in [1.82, 2.24) is 8.69 Å². The fourth-order valence-electron chi connectivity index (χ4n) is 2.03.